The van der Waals surface area contributed by atoms with Gasteiger partial charge < -0.3 is 5.73 Å². The van der Waals surface area contributed by atoms with Crippen molar-refractivity contribution in [3.63, 3.8) is 0 Å². The molecule has 20 heavy (non-hydrogen) atoms. The highest BCUT2D eigenvalue weighted by Gasteiger charge is 2.23. The quantitative estimate of drug-likeness (QED) is 0.843. The molecule has 0 aromatic heterocycles. The molecule has 0 fully saturated rings. The van der Waals surface area contributed by atoms with E-state index in [1.807, 2.05) is 0 Å². The number of benzene rings is 2. The Morgan fingerprint density at radius 3 is 2.25 bits per heavy atom. The van der Waals surface area contributed by atoms with Gasteiger partial charge in [0, 0.05) is 0 Å². The maximum absolute atomic E-state index is 13.6. The number of nitrogen functional groups attached to an aromatic ring is 1. The third-order valence-corrected chi connectivity index (χ3v) is 4.67. The van der Waals surface area contributed by atoms with Crippen molar-refractivity contribution in [2.24, 2.45) is 0 Å². The van der Waals surface area contributed by atoms with Crippen molar-refractivity contribution in [3.05, 3.63) is 52.3 Å². The lowest BCUT2D eigenvalue weighted by Gasteiger charge is -2.13. The number of halogens is 3. The van der Waals surface area contributed by atoms with Gasteiger partial charge in [-0.25, -0.2) is 12.8 Å². The molecular weight excluding hydrogens is 326 g/mol. The van der Waals surface area contributed by atoms with Gasteiger partial charge in [0.15, 0.2) is 0 Å². The van der Waals surface area contributed by atoms with Crippen molar-refractivity contribution in [3.8, 4) is 0 Å². The van der Waals surface area contributed by atoms with Gasteiger partial charge in [-0.05, 0) is 24.3 Å². The molecule has 0 bridgehead atoms. The predicted octanol–water partition coefficient (Wildman–Crippen LogP) is 3.52. The fourth-order valence-electron chi connectivity index (χ4n) is 1.59. The molecule has 2 aromatic carbocycles. The summed E-state index contributed by atoms with van der Waals surface area (Å²) in [5.74, 6) is -0.799. The van der Waals surface area contributed by atoms with E-state index >= 15 is 0 Å². The SMILES string of the molecule is Nc1cccc(Cl)c1S(=O)(=O)Nc1c(F)cccc1Cl. The Balaban J connectivity index is 2.53. The highest BCUT2D eigenvalue weighted by molar-refractivity contribution is 7.93. The number of rotatable bonds is 3. The zero-order valence-corrected chi connectivity index (χ0v) is 12.2. The van der Waals surface area contributed by atoms with Crippen LogP contribution in [-0.2, 0) is 10.0 Å². The van der Waals surface area contributed by atoms with Crippen LogP contribution in [0.1, 0.15) is 0 Å². The molecule has 3 N–H and O–H groups in total. The minimum atomic E-state index is -4.15. The van der Waals surface area contributed by atoms with Gasteiger partial charge >= 0.3 is 0 Å². The van der Waals surface area contributed by atoms with E-state index in [0.717, 1.165) is 6.07 Å². The molecular formula is C12H9Cl2FN2O2S. The maximum Gasteiger partial charge on any atom is 0.265 e. The summed E-state index contributed by atoms with van der Waals surface area (Å²) in [4.78, 5) is -0.319. The van der Waals surface area contributed by atoms with Crippen LogP contribution in [0.2, 0.25) is 10.0 Å². The lowest BCUT2D eigenvalue weighted by Crippen LogP contribution is -2.16. The number of hydrogen-bond donors (Lipinski definition) is 2. The summed E-state index contributed by atoms with van der Waals surface area (Å²) < 4.78 is 40.2. The van der Waals surface area contributed by atoms with E-state index in [4.69, 9.17) is 28.9 Å². The minimum Gasteiger partial charge on any atom is -0.398 e. The largest absolute Gasteiger partial charge is 0.398 e. The molecule has 2 aromatic rings. The summed E-state index contributed by atoms with van der Waals surface area (Å²) in [5.41, 5.74) is 5.21. The van der Waals surface area contributed by atoms with E-state index in [0.29, 0.717) is 0 Å². The summed E-state index contributed by atoms with van der Waals surface area (Å²) in [7, 11) is -4.15. The van der Waals surface area contributed by atoms with E-state index in [1.54, 1.807) is 0 Å². The Hall–Kier alpha value is -1.50. The molecule has 0 saturated carbocycles. The van der Waals surface area contributed by atoms with Gasteiger partial charge in [0.2, 0.25) is 0 Å². The molecule has 106 valence electrons. The second-order valence-corrected chi connectivity index (χ2v) is 6.29. The van der Waals surface area contributed by atoms with Crippen LogP contribution < -0.4 is 10.5 Å². The molecule has 0 radical (unpaired) electrons. The molecule has 0 spiro atoms. The molecule has 8 heteroatoms. The van der Waals surface area contributed by atoms with Crippen LogP contribution in [0.5, 0.6) is 0 Å². The van der Waals surface area contributed by atoms with Crippen LogP contribution in [0.4, 0.5) is 15.8 Å². The minimum absolute atomic E-state index is 0.0440. The van der Waals surface area contributed by atoms with Crippen LogP contribution in [0.15, 0.2) is 41.3 Å². The Kier molecular flexibility index (Phi) is 4.08. The van der Waals surface area contributed by atoms with Crippen molar-refractivity contribution in [2.75, 3.05) is 10.5 Å². The standard InChI is InChI=1S/C12H9Cl2FN2O2S/c13-7-3-1-5-9(15)11(7)17-20(18,19)12-8(14)4-2-6-10(12)16/h1-6,17H,16H2. The van der Waals surface area contributed by atoms with Gasteiger partial charge in [0.05, 0.1) is 15.7 Å². The van der Waals surface area contributed by atoms with Gasteiger partial charge in [-0.1, -0.05) is 35.3 Å². The van der Waals surface area contributed by atoms with Crippen LogP contribution in [0.25, 0.3) is 0 Å². The van der Waals surface area contributed by atoms with E-state index in [2.05, 4.69) is 4.72 Å². The summed E-state index contributed by atoms with van der Waals surface area (Å²) in [6.45, 7) is 0. The fraction of sp³-hybridized carbons (Fsp3) is 0. The average Bonchev–Trinajstić information content (AvgIpc) is 2.33. The van der Waals surface area contributed by atoms with Crippen LogP contribution in [-0.4, -0.2) is 8.42 Å². The first kappa shape index (κ1) is 14.9. The highest BCUT2D eigenvalue weighted by atomic mass is 35.5. The van der Waals surface area contributed by atoms with Gasteiger partial charge in [-0.3, -0.25) is 4.72 Å². The first-order valence-electron chi connectivity index (χ1n) is 5.34. The van der Waals surface area contributed by atoms with Crippen molar-refractivity contribution in [1.29, 1.82) is 0 Å². The number of hydrogen-bond acceptors (Lipinski definition) is 3. The number of nitrogens with two attached hydrogens (primary N) is 1. The smallest absolute Gasteiger partial charge is 0.265 e. The third kappa shape index (κ3) is 2.82. The zero-order valence-electron chi connectivity index (χ0n) is 9.90. The molecule has 0 aliphatic rings. The first-order valence-corrected chi connectivity index (χ1v) is 7.57. The predicted molar refractivity (Wildman–Crippen MR) is 78.1 cm³/mol. The van der Waals surface area contributed by atoms with Gasteiger partial charge in [0.1, 0.15) is 16.4 Å². The normalized spacial score (nSPS) is 11.3. The number of sulfonamides is 1. The molecule has 0 unspecified atom stereocenters. The lowest BCUT2D eigenvalue weighted by molar-refractivity contribution is 0.599. The maximum atomic E-state index is 13.6. The summed E-state index contributed by atoms with van der Waals surface area (Å²) in [6, 6.07) is 8.06. The Bertz CT molecular complexity index is 726. The Morgan fingerprint density at radius 1 is 1.05 bits per heavy atom. The monoisotopic (exact) mass is 334 g/mol. The first-order chi connectivity index (χ1) is 9.33. The molecule has 4 nitrogen and oxygen atoms in total. The molecule has 0 heterocycles. The molecule has 0 atom stereocenters. The van der Waals surface area contributed by atoms with Crippen LogP contribution in [0.3, 0.4) is 0 Å². The van der Waals surface area contributed by atoms with E-state index in [9.17, 15) is 12.8 Å². The summed E-state index contributed by atoms with van der Waals surface area (Å²) >= 11 is 11.6. The van der Waals surface area contributed by atoms with Crippen molar-refractivity contribution in [2.45, 2.75) is 4.90 Å². The second kappa shape index (κ2) is 5.47. The lowest BCUT2D eigenvalue weighted by atomic mass is 10.3. The fourth-order valence-corrected chi connectivity index (χ4v) is 3.62. The van der Waals surface area contributed by atoms with E-state index in [1.165, 1.54) is 30.3 Å². The topological polar surface area (TPSA) is 72.2 Å². The van der Waals surface area contributed by atoms with Crippen LogP contribution >= 0.6 is 23.2 Å². The van der Waals surface area contributed by atoms with Gasteiger partial charge in [-0.15, -0.1) is 0 Å². The number of nitrogens with one attached hydrogen (secondary N) is 1. The summed E-state index contributed by atoms with van der Waals surface area (Å²) in [5, 5.41) is -0.135. The molecule has 0 amide bonds. The highest BCUT2D eigenvalue weighted by Crippen LogP contribution is 2.32. The Labute approximate surface area is 125 Å². The third-order valence-electron chi connectivity index (χ3n) is 2.47. The molecule has 0 aliphatic carbocycles. The Morgan fingerprint density at radius 2 is 1.65 bits per heavy atom. The van der Waals surface area contributed by atoms with Crippen molar-refractivity contribution in [1.82, 2.24) is 0 Å². The van der Waals surface area contributed by atoms with E-state index < -0.39 is 15.8 Å². The van der Waals surface area contributed by atoms with Gasteiger partial charge in [0.25, 0.3) is 10.0 Å². The molecule has 0 saturated heterocycles. The van der Waals surface area contributed by atoms with Crippen molar-refractivity contribution < 1.29 is 12.8 Å². The number of para-hydroxylation sites is 1. The number of anilines is 2. The van der Waals surface area contributed by atoms with Gasteiger partial charge in [-0.2, -0.15) is 0 Å². The van der Waals surface area contributed by atoms with Crippen molar-refractivity contribution >= 4 is 44.6 Å². The average molecular weight is 335 g/mol. The zero-order chi connectivity index (χ0) is 14.9. The second-order valence-electron chi connectivity index (χ2n) is 3.86. The molecule has 2 rings (SSSR count). The summed E-state index contributed by atoms with van der Waals surface area (Å²) in [6.07, 6.45) is 0. The molecule has 0 aliphatic heterocycles. The van der Waals surface area contributed by atoms with Crippen LogP contribution in [0, 0.1) is 5.82 Å². The van der Waals surface area contributed by atoms with E-state index in [-0.39, 0.29) is 26.3 Å².